The molecule has 3 rings (SSSR count). The number of hydrogen-bond acceptors (Lipinski definition) is 4. The summed E-state index contributed by atoms with van der Waals surface area (Å²) in [6.45, 7) is 2.41. The van der Waals surface area contributed by atoms with E-state index in [4.69, 9.17) is 0 Å². The van der Waals surface area contributed by atoms with Crippen LogP contribution >= 0.6 is 0 Å². The quantitative estimate of drug-likeness (QED) is 0.465. The van der Waals surface area contributed by atoms with Gasteiger partial charge >= 0.3 is 0 Å². The van der Waals surface area contributed by atoms with E-state index in [9.17, 15) is 0 Å². The smallest absolute Gasteiger partial charge is 0.0863 e. The molecular weight excluding hydrogens is 272 g/mol. The van der Waals surface area contributed by atoms with Crippen LogP contribution in [-0.2, 0) is 12.8 Å². The third-order valence-corrected chi connectivity index (χ3v) is 4.10. The Labute approximate surface area is 132 Å². The van der Waals surface area contributed by atoms with Gasteiger partial charge in [0.15, 0.2) is 0 Å². The van der Waals surface area contributed by atoms with Gasteiger partial charge in [0.2, 0.25) is 0 Å². The van der Waals surface area contributed by atoms with Crippen LogP contribution in [0.2, 0.25) is 0 Å². The molecule has 2 heterocycles. The average Bonchev–Trinajstić information content (AvgIpc) is 2.54. The minimum atomic E-state index is 0.973. The Bertz CT molecular complexity index is 609. The van der Waals surface area contributed by atoms with E-state index >= 15 is 0 Å². The van der Waals surface area contributed by atoms with Gasteiger partial charge in [-0.1, -0.05) is 6.08 Å². The van der Waals surface area contributed by atoms with Gasteiger partial charge in [-0.2, -0.15) is 10.2 Å². The molecule has 0 atom stereocenters. The lowest BCUT2D eigenvalue weighted by Crippen LogP contribution is -2.34. The van der Waals surface area contributed by atoms with Crippen LogP contribution in [0.5, 0.6) is 0 Å². The van der Waals surface area contributed by atoms with Gasteiger partial charge in [-0.25, -0.2) is 0 Å². The first-order valence-corrected chi connectivity index (χ1v) is 7.94. The number of aryl methyl sites for hydroxylation is 2. The van der Waals surface area contributed by atoms with Crippen LogP contribution in [0.15, 0.2) is 51.8 Å². The molecular formula is C18H22N4. The Kier molecular flexibility index (Phi) is 4.78. The fraction of sp³-hybridized carbons (Fsp3) is 0.389. The lowest BCUT2D eigenvalue weighted by Gasteiger charge is -2.36. The van der Waals surface area contributed by atoms with Gasteiger partial charge in [-0.15, -0.1) is 0 Å². The molecule has 4 nitrogen and oxygen atoms in total. The Morgan fingerprint density at radius 2 is 1.73 bits per heavy atom. The maximum Gasteiger partial charge on any atom is 0.0863 e. The zero-order valence-electron chi connectivity index (χ0n) is 13.1. The summed E-state index contributed by atoms with van der Waals surface area (Å²) in [5.41, 5.74) is 5.34. The van der Waals surface area contributed by atoms with E-state index in [-0.39, 0.29) is 0 Å². The molecule has 1 aromatic carbocycles. The van der Waals surface area contributed by atoms with Crippen molar-refractivity contribution in [2.45, 2.75) is 25.7 Å². The lowest BCUT2D eigenvalue weighted by molar-refractivity contribution is 0.634. The summed E-state index contributed by atoms with van der Waals surface area (Å²) < 4.78 is 0. The monoisotopic (exact) mass is 294 g/mol. The van der Waals surface area contributed by atoms with Crippen molar-refractivity contribution in [3.63, 3.8) is 0 Å². The number of allylic oxidation sites excluding steroid dienone is 3. The Morgan fingerprint density at radius 3 is 2.41 bits per heavy atom. The van der Waals surface area contributed by atoms with Gasteiger partial charge in [0.25, 0.3) is 0 Å². The van der Waals surface area contributed by atoms with E-state index in [0.29, 0.717) is 0 Å². The molecule has 0 saturated carbocycles. The highest BCUT2D eigenvalue weighted by molar-refractivity contribution is 5.71. The summed E-state index contributed by atoms with van der Waals surface area (Å²) in [5.74, 6) is 0. The van der Waals surface area contributed by atoms with E-state index in [2.05, 4.69) is 32.3 Å². The van der Waals surface area contributed by atoms with E-state index in [1.165, 1.54) is 42.7 Å². The van der Waals surface area contributed by atoms with Crippen molar-refractivity contribution in [2.75, 3.05) is 25.0 Å². The number of aliphatic imine (C=N–C) groups is 1. The summed E-state index contributed by atoms with van der Waals surface area (Å²) in [6.07, 6.45) is 13.9. The molecule has 114 valence electrons. The first kappa shape index (κ1) is 14.7. The minimum absolute atomic E-state index is 0.973. The van der Waals surface area contributed by atoms with Gasteiger partial charge in [0.05, 0.1) is 5.69 Å². The van der Waals surface area contributed by atoms with Crippen LogP contribution in [0.3, 0.4) is 0 Å². The highest BCUT2D eigenvalue weighted by atomic mass is 15.1. The Balaban J connectivity index is 1.75. The second-order valence-corrected chi connectivity index (χ2v) is 5.66. The molecule has 0 N–H and O–H groups in total. The van der Waals surface area contributed by atoms with E-state index in [1.807, 2.05) is 18.2 Å². The summed E-state index contributed by atoms with van der Waals surface area (Å²) in [5, 5.41) is 8.48. The van der Waals surface area contributed by atoms with Crippen molar-refractivity contribution in [2.24, 2.45) is 15.2 Å². The molecule has 0 aliphatic carbocycles. The number of anilines is 1. The molecule has 1 aromatic rings. The molecule has 0 fully saturated rings. The van der Waals surface area contributed by atoms with Crippen molar-refractivity contribution in [3.05, 3.63) is 47.7 Å². The van der Waals surface area contributed by atoms with Crippen LogP contribution in [0.4, 0.5) is 11.4 Å². The molecule has 22 heavy (non-hydrogen) atoms. The van der Waals surface area contributed by atoms with Crippen molar-refractivity contribution in [1.29, 1.82) is 0 Å². The molecule has 0 aromatic heterocycles. The third-order valence-electron chi connectivity index (χ3n) is 4.10. The number of rotatable bonds is 4. The Morgan fingerprint density at radius 1 is 1.00 bits per heavy atom. The average molecular weight is 294 g/mol. The summed E-state index contributed by atoms with van der Waals surface area (Å²) in [6, 6.07) is 4.40. The molecule has 4 heteroatoms. The fourth-order valence-electron chi connectivity index (χ4n) is 3.23. The van der Waals surface area contributed by atoms with E-state index in [1.54, 1.807) is 19.5 Å². The minimum Gasteiger partial charge on any atom is -0.371 e. The summed E-state index contributed by atoms with van der Waals surface area (Å²) in [4.78, 5) is 6.41. The molecule has 0 spiro atoms. The van der Waals surface area contributed by atoms with Gasteiger partial charge in [-0.05, 0) is 61.1 Å². The molecule has 0 radical (unpaired) electrons. The van der Waals surface area contributed by atoms with E-state index in [0.717, 1.165) is 18.5 Å². The lowest BCUT2D eigenvalue weighted by atomic mass is 9.91. The van der Waals surface area contributed by atoms with Gasteiger partial charge in [0.1, 0.15) is 0 Å². The van der Waals surface area contributed by atoms with Crippen LogP contribution in [0.25, 0.3) is 0 Å². The number of benzene rings is 1. The summed E-state index contributed by atoms with van der Waals surface area (Å²) >= 11 is 0. The zero-order chi connectivity index (χ0) is 15.2. The molecule has 0 saturated heterocycles. The highest BCUT2D eigenvalue weighted by Crippen LogP contribution is 2.38. The van der Waals surface area contributed by atoms with Crippen LogP contribution in [-0.4, -0.2) is 26.4 Å². The number of azo groups is 1. The molecule has 0 unspecified atom stereocenters. The fourth-order valence-corrected chi connectivity index (χ4v) is 3.23. The predicted molar refractivity (Wildman–Crippen MR) is 92.5 cm³/mol. The normalized spacial score (nSPS) is 18.1. The third kappa shape index (κ3) is 3.32. The first-order chi connectivity index (χ1) is 10.9. The van der Waals surface area contributed by atoms with Crippen LogP contribution in [0.1, 0.15) is 24.0 Å². The van der Waals surface area contributed by atoms with Crippen molar-refractivity contribution < 1.29 is 0 Å². The molecule has 0 amide bonds. The highest BCUT2D eigenvalue weighted by Gasteiger charge is 2.23. The van der Waals surface area contributed by atoms with Crippen LogP contribution in [0, 0.1) is 0 Å². The largest absolute Gasteiger partial charge is 0.371 e. The van der Waals surface area contributed by atoms with Crippen molar-refractivity contribution in [1.82, 2.24) is 0 Å². The first-order valence-electron chi connectivity index (χ1n) is 7.94. The van der Waals surface area contributed by atoms with Gasteiger partial charge in [-0.3, -0.25) is 4.99 Å². The van der Waals surface area contributed by atoms with Gasteiger partial charge in [0, 0.05) is 38.2 Å². The predicted octanol–water partition coefficient (Wildman–Crippen LogP) is 4.24. The van der Waals surface area contributed by atoms with Crippen LogP contribution < -0.4 is 4.90 Å². The SMILES string of the molecule is CN=C/C=C\C=C\N=Nc1cc2c3c(c1)CCCN3CCC2. The molecule has 0 bridgehead atoms. The molecule has 2 aliphatic rings. The number of hydrogen-bond donors (Lipinski definition) is 0. The second kappa shape index (κ2) is 7.16. The van der Waals surface area contributed by atoms with Crippen molar-refractivity contribution in [3.8, 4) is 0 Å². The zero-order valence-corrected chi connectivity index (χ0v) is 13.1. The maximum absolute atomic E-state index is 4.34. The Hall–Kier alpha value is -2.23. The van der Waals surface area contributed by atoms with Gasteiger partial charge < -0.3 is 4.90 Å². The maximum atomic E-state index is 4.34. The molecule has 2 aliphatic heterocycles. The number of nitrogens with zero attached hydrogens (tertiary/aromatic N) is 4. The second-order valence-electron chi connectivity index (χ2n) is 5.66. The topological polar surface area (TPSA) is 40.3 Å². The van der Waals surface area contributed by atoms with E-state index < -0.39 is 0 Å². The van der Waals surface area contributed by atoms with Crippen molar-refractivity contribution >= 4 is 17.6 Å². The standard InChI is InChI=1S/C18H22N4/c1-19-9-3-2-4-10-20-21-17-13-15-7-5-11-22-12-6-8-16(14-17)18(15)22/h2-4,9-10,13-14H,5-8,11-12H2,1H3/b3-2-,10-4+,19-9?,21-20?. The summed E-state index contributed by atoms with van der Waals surface area (Å²) in [7, 11) is 1.75.